The van der Waals surface area contributed by atoms with Gasteiger partial charge in [-0.3, -0.25) is 0 Å². The SMILES string of the molecule is CC(CCn1c(CCl)nc2cccnc21)c1ccccc1. The fourth-order valence-corrected chi connectivity index (χ4v) is 2.82. The molecule has 3 nitrogen and oxygen atoms in total. The van der Waals surface area contributed by atoms with E-state index in [1.54, 1.807) is 6.20 Å². The average Bonchev–Trinajstić information content (AvgIpc) is 2.91. The molecule has 1 unspecified atom stereocenters. The molecule has 0 amide bonds. The van der Waals surface area contributed by atoms with Crippen LogP contribution in [0.1, 0.15) is 30.7 Å². The molecule has 0 aliphatic carbocycles. The van der Waals surface area contributed by atoms with Crippen molar-refractivity contribution in [2.24, 2.45) is 0 Å². The van der Waals surface area contributed by atoms with Crippen LogP contribution in [0.2, 0.25) is 0 Å². The molecule has 0 saturated heterocycles. The number of nitrogens with zero attached hydrogens (tertiary/aromatic N) is 3. The van der Waals surface area contributed by atoms with E-state index in [1.165, 1.54) is 5.56 Å². The topological polar surface area (TPSA) is 30.7 Å². The summed E-state index contributed by atoms with van der Waals surface area (Å²) in [5.41, 5.74) is 3.20. The smallest absolute Gasteiger partial charge is 0.160 e. The highest BCUT2D eigenvalue weighted by Crippen LogP contribution is 2.22. The van der Waals surface area contributed by atoms with E-state index in [0.29, 0.717) is 11.8 Å². The van der Waals surface area contributed by atoms with Gasteiger partial charge in [0.15, 0.2) is 5.65 Å². The number of fused-ring (bicyclic) bond motifs is 1. The number of aromatic nitrogens is 3. The van der Waals surface area contributed by atoms with Crippen LogP contribution in [0.15, 0.2) is 48.7 Å². The number of halogens is 1. The molecule has 1 atom stereocenters. The van der Waals surface area contributed by atoms with Crippen LogP contribution in [0.25, 0.3) is 11.2 Å². The average molecular weight is 300 g/mol. The zero-order valence-electron chi connectivity index (χ0n) is 12.0. The molecular weight excluding hydrogens is 282 g/mol. The molecule has 0 spiro atoms. The molecule has 3 aromatic rings. The van der Waals surface area contributed by atoms with Crippen LogP contribution in [0.5, 0.6) is 0 Å². The zero-order valence-corrected chi connectivity index (χ0v) is 12.8. The Morgan fingerprint density at radius 3 is 2.71 bits per heavy atom. The first-order valence-electron chi connectivity index (χ1n) is 7.20. The van der Waals surface area contributed by atoms with Crippen LogP contribution in [-0.4, -0.2) is 14.5 Å². The monoisotopic (exact) mass is 299 g/mol. The van der Waals surface area contributed by atoms with Crippen molar-refractivity contribution in [3.8, 4) is 0 Å². The van der Waals surface area contributed by atoms with Gasteiger partial charge in [0.1, 0.15) is 11.3 Å². The first kappa shape index (κ1) is 14.1. The third kappa shape index (κ3) is 2.93. The predicted molar refractivity (Wildman–Crippen MR) is 86.6 cm³/mol. The molecule has 108 valence electrons. The summed E-state index contributed by atoms with van der Waals surface area (Å²) in [5, 5.41) is 0. The second-order valence-corrected chi connectivity index (χ2v) is 5.53. The van der Waals surface area contributed by atoms with Crippen molar-refractivity contribution in [1.82, 2.24) is 14.5 Å². The van der Waals surface area contributed by atoms with Gasteiger partial charge in [0.05, 0.1) is 5.88 Å². The number of hydrogen-bond acceptors (Lipinski definition) is 2. The summed E-state index contributed by atoms with van der Waals surface area (Å²) in [6.07, 6.45) is 2.84. The highest BCUT2D eigenvalue weighted by Gasteiger charge is 2.12. The Morgan fingerprint density at radius 2 is 1.95 bits per heavy atom. The predicted octanol–water partition coefficient (Wildman–Crippen LogP) is 4.36. The molecule has 0 bridgehead atoms. The molecular formula is C17H18ClN3. The molecule has 4 heteroatoms. The van der Waals surface area contributed by atoms with E-state index in [1.807, 2.05) is 12.1 Å². The third-order valence-corrected chi connectivity index (χ3v) is 4.10. The van der Waals surface area contributed by atoms with Gasteiger partial charge in [0.2, 0.25) is 0 Å². The molecule has 0 aliphatic rings. The summed E-state index contributed by atoms with van der Waals surface area (Å²) in [5.74, 6) is 1.80. The number of rotatable bonds is 5. The maximum atomic E-state index is 6.02. The molecule has 0 saturated carbocycles. The molecule has 0 aliphatic heterocycles. The van der Waals surface area contributed by atoms with E-state index in [0.717, 1.165) is 30.0 Å². The largest absolute Gasteiger partial charge is 0.312 e. The Labute approximate surface area is 129 Å². The van der Waals surface area contributed by atoms with E-state index in [-0.39, 0.29) is 0 Å². The highest BCUT2D eigenvalue weighted by atomic mass is 35.5. The summed E-state index contributed by atoms with van der Waals surface area (Å²) in [4.78, 5) is 8.99. The normalized spacial score (nSPS) is 12.7. The Bertz CT molecular complexity index is 721. The van der Waals surface area contributed by atoms with Crippen molar-refractivity contribution in [1.29, 1.82) is 0 Å². The molecule has 0 radical (unpaired) electrons. The van der Waals surface area contributed by atoms with Crippen LogP contribution < -0.4 is 0 Å². The van der Waals surface area contributed by atoms with E-state index >= 15 is 0 Å². The zero-order chi connectivity index (χ0) is 14.7. The maximum absolute atomic E-state index is 6.02. The van der Waals surface area contributed by atoms with Crippen LogP contribution in [0, 0.1) is 0 Å². The molecule has 2 aromatic heterocycles. The Hall–Kier alpha value is -1.87. The van der Waals surface area contributed by atoms with Gasteiger partial charge in [-0.05, 0) is 30.0 Å². The van der Waals surface area contributed by atoms with E-state index in [9.17, 15) is 0 Å². The first-order chi connectivity index (χ1) is 10.3. The summed E-state index contributed by atoms with van der Waals surface area (Å²) < 4.78 is 2.14. The van der Waals surface area contributed by atoms with Gasteiger partial charge < -0.3 is 4.57 Å². The standard InChI is InChI=1S/C17H18ClN3/c1-13(14-6-3-2-4-7-14)9-11-21-16(12-18)20-15-8-5-10-19-17(15)21/h2-8,10,13H,9,11-12H2,1H3. The lowest BCUT2D eigenvalue weighted by Crippen LogP contribution is -2.06. The molecule has 0 N–H and O–H groups in total. The van der Waals surface area contributed by atoms with Crippen molar-refractivity contribution in [3.63, 3.8) is 0 Å². The van der Waals surface area contributed by atoms with E-state index in [2.05, 4.69) is 51.8 Å². The van der Waals surface area contributed by atoms with Gasteiger partial charge in [-0.1, -0.05) is 37.3 Å². The molecule has 3 rings (SSSR count). The van der Waals surface area contributed by atoms with Crippen LogP contribution >= 0.6 is 11.6 Å². The van der Waals surface area contributed by atoms with Gasteiger partial charge in [0, 0.05) is 12.7 Å². The molecule has 2 heterocycles. The number of alkyl halides is 1. The lowest BCUT2D eigenvalue weighted by atomic mass is 9.98. The number of benzene rings is 1. The van der Waals surface area contributed by atoms with E-state index < -0.39 is 0 Å². The highest BCUT2D eigenvalue weighted by molar-refractivity contribution is 6.16. The van der Waals surface area contributed by atoms with Crippen molar-refractivity contribution in [2.75, 3.05) is 0 Å². The van der Waals surface area contributed by atoms with E-state index in [4.69, 9.17) is 11.6 Å². The van der Waals surface area contributed by atoms with Crippen molar-refractivity contribution in [3.05, 3.63) is 60.0 Å². The minimum atomic E-state index is 0.413. The van der Waals surface area contributed by atoms with Crippen LogP contribution in [0.4, 0.5) is 0 Å². The second kappa shape index (κ2) is 6.27. The van der Waals surface area contributed by atoms with Crippen LogP contribution in [0.3, 0.4) is 0 Å². The molecule has 0 fully saturated rings. The Kier molecular flexibility index (Phi) is 4.20. The minimum absolute atomic E-state index is 0.413. The van der Waals surface area contributed by atoms with Crippen LogP contribution in [-0.2, 0) is 12.4 Å². The number of imidazole rings is 1. The summed E-state index contributed by atoms with van der Waals surface area (Å²) in [7, 11) is 0. The lowest BCUT2D eigenvalue weighted by Gasteiger charge is -2.13. The summed E-state index contributed by atoms with van der Waals surface area (Å²) in [6.45, 7) is 3.13. The van der Waals surface area contributed by atoms with Gasteiger partial charge in [-0.2, -0.15) is 0 Å². The third-order valence-electron chi connectivity index (χ3n) is 3.86. The van der Waals surface area contributed by atoms with Gasteiger partial charge in [-0.15, -0.1) is 11.6 Å². The van der Waals surface area contributed by atoms with Crippen molar-refractivity contribution < 1.29 is 0 Å². The summed E-state index contributed by atoms with van der Waals surface area (Å²) >= 11 is 6.02. The quantitative estimate of drug-likeness (QED) is 0.655. The number of aryl methyl sites for hydroxylation is 1. The van der Waals surface area contributed by atoms with Gasteiger partial charge in [-0.25, -0.2) is 9.97 Å². The maximum Gasteiger partial charge on any atom is 0.160 e. The first-order valence-corrected chi connectivity index (χ1v) is 7.74. The Balaban J connectivity index is 1.82. The van der Waals surface area contributed by atoms with Crippen molar-refractivity contribution in [2.45, 2.75) is 31.7 Å². The second-order valence-electron chi connectivity index (χ2n) is 5.26. The fourth-order valence-electron chi connectivity index (χ4n) is 2.61. The molecule has 1 aromatic carbocycles. The summed E-state index contributed by atoms with van der Waals surface area (Å²) in [6, 6.07) is 14.5. The van der Waals surface area contributed by atoms with Gasteiger partial charge >= 0.3 is 0 Å². The minimum Gasteiger partial charge on any atom is -0.312 e. The lowest BCUT2D eigenvalue weighted by molar-refractivity contribution is 0.572. The fraction of sp³-hybridized carbons (Fsp3) is 0.294. The van der Waals surface area contributed by atoms with Gasteiger partial charge in [0.25, 0.3) is 0 Å². The number of pyridine rings is 1. The Morgan fingerprint density at radius 1 is 1.14 bits per heavy atom. The van der Waals surface area contributed by atoms with Crippen molar-refractivity contribution >= 4 is 22.8 Å². The molecule has 21 heavy (non-hydrogen) atoms. The number of hydrogen-bond donors (Lipinski definition) is 0.